The van der Waals surface area contributed by atoms with Crippen LogP contribution in [0.3, 0.4) is 0 Å². The molecule has 0 spiro atoms. The highest BCUT2D eigenvalue weighted by Gasteiger charge is 2.10. The molecular formula is C14H14BrN5S. The summed E-state index contributed by atoms with van der Waals surface area (Å²) in [7, 11) is 1.83. The zero-order valence-corrected chi connectivity index (χ0v) is 14.0. The zero-order valence-electron chi connectivity index (χ0n) is 11.6. The van der Waals surface area contributed by atoms with E-state index in [-0.39, 0.29) is 6.04 Å². The van der Waals surface area contributed by atoms with Gasteiger partial charge in [0.15, 0.2) is 5.82 Å². The number of aryl methyl sites for hydroxylation is 1. The van der Waals surface area contributed by atoms with Crippen LogP contribution in [0.15, 0.2) is 40.2 Å². The smallest absolute Gasteiger partial charge is 0.181 e. The lowest BCUT2D eigenvalue weighted by molar-refractivity contribution is 0.714. The van der Waals surface area contributed by atoms with Gasteiger partial charge in [-0.3, -0.25) is 0 Å². The Morgan fingerprint density at radius 3 is 2.81 bits per heavy atom. The van der Waals surface area contributed by atoms with Gasteiger partial charge in [-0.2, -0.15) is 0 Å². The normalized spacial score (nSPS) is 12.3. The van der Waals surface area contributed by atoms with Crippen molar-refractivity contribution < 1.29 is 0 Å². The van der Waals surface area contributed by atoms with E-state index in [0.29, 0.717) is 0 Å². The van der Waals surface area contributed by atoms with Crippen LogP contribution in [0.2, 0.25) is 0 Å². The topological polar surface area (TPSA) is 55.6 Å². The summed E-state index contributed by atoms with van der Waals surface area (Å²) in [6.07, 6.45) is 0. The quantitative estimate of drug-likeness (QED) is 0.764. The minimum Gasteiger partial charge on any atom is -0.378 e. The molecule has 2 aromatic heterocycles. The Balaban J connectivity index is 1.82. The fraction of sp³-hybridized carbons (Fsp3) is 0.214. The van der Waals surface area contributed by atoms with Crippen molar-refractivity contribution in [1.82, 2.24) is 20.2 Å². The highest BCUT2D eigenvalue weighted by molar-refractivity contribution is 9.11. The molecule has 1 aromatic carbocycles. The SMILES string of the molecule is CC(Nc1cccc(-c2nnnn2C)c1)c1ccc(Br)s1. The first-order valence-electron chi connectivity index (χ1n) is 6.48. The van der Waals surface area contributed by atoms with E-state index in [0.717, 1.165) is 20.9 Å². The van der Waals surface area contributed by atoms with E-state index in [1.54, 1.807) is 16.0 Å². The molecule has 0 aliphatic rings. The molecular weight excluding hydrogens is 350 g/mol. The molecule has 2 heterocycles. The second-order valence-corrected chi connectivity index (χ2v) is 7.21. The molecule has 0 bridgehead atoms. The van der Waals surface area contributed by atoms with Gasteiger partial charge in [0.2, 0.25) is 0 Å². The predicted octanol–water partition coefficient (Wildman–Crippen LogP) is 3.87. The van der Waals surface area contributed by atoms with Crippen LogP contribution in [0, 0.1) is 0 Å². The van der Waals surface area contributed by atoms with Gasteiger partial charge in [-0.1, -0.05) is 12.1 Å². The predicted molar refractivity (Wildman–Crippen MR) is 88.3 cm³/mol. The third-order valence-corrected chi connectivity index (χ3v) is 4.95. The second kappa shape index (κ2) is 5.95. The molecule has 21 heavy (non-hydrogen) atoms. The molecule has 0 fully saturated rings. The molecule has 0 aliphatic carbocycles. The minimum absolute atomic E-state index is 0.245. The molecule has 1 N–H and O–H groups in total. The van der Waals surface area contributed by atoms with Crippen LogP contribution < -0.4 is 5.32 Å². The third-order valence-electron chi connectivity index (χ3n) is 3.14. The number of tetrazole rings is 1. The summed E-state index contributed by atoms with van der Waals surface area (Å²) in [5.41, 5.74) is 2.04. The van der Waals surface area contributed by atoms with Crippen LogP contribution in [0.5, 0.6) is 0 Å². The number of rotatable bonds is 4. The number of hydrogen-bond donors (Lipinski definition) is 1. The van der Waals surface area contributed by atoms with Crippen molar-refractivity contribution in [3.05, 3.63) is 45.1 Å². The number of halogens is 1. The standard InChI is InChI=1S/C14H14BrN5S/c1-9(12-6-7-13(15)21-12)16-11-5-3-4-10(8-11)14-17-18-19-20(14)2/h3-9,16H,1-2H3. The van der Waals surface area contributed by atoms with Crippen LogP contribution >= 0.6 is 27.3 Å². The van der Waals surface area contributed by atoms with Gasteiger partial charge in [0.25, 0.3) is 0 Å². The van der Waals surface area contributed by atoms with Crippen LogP contribution in [-0.2, 0) is 7.05 Å². The van der Waals surface area contributed by atoms with Crippen molar-refractivity contribution in [2.75, 3.05) is 5.32 Å². The number of hydrogen-bond acceptors (Lipinski definition) is 5. The van der Waals surface area contributed by atoms with E-state index in [9.17, 15) is 0 Å². The monoisotopic (exact) mass is 363 g/mol. The molecule has 0 radical (unpaired) electrons. The van der Waals surface area contributed by atoms with Crippen LogP contribution in [0.1, 0.15) is 17.8 Å². The van der Waals surface area contributed by atoms with E-state index in [2.05, 4.69) is 61.9 Å². The molecule has 108 valence electrons. The third kappa shape index (κ3) is 3.14. The number of benzene rings is 1. The van der Waals surface area contributed by atoms with Crippen LogP contribution in [-0.4, -0.2) is 20.2 Å². The van der Waals surface area contributed by atoms with Gasteiger partial charge in [-0.25, -0.2) is 4.68 Å². The molecule has 1 atom stereocenters. The van der Waals surface area contributed by atoms with Crippen molar-refractivity contribution in [3.63, 3.8) is 0 Å². The average molecular weight is 364 g/mol. The van der Waals surface area contributed by atoms with E-state index < -0.39 is 0 Å². The van der Waals surface area contributed by atoms with E-state index in [1.165, 1.54) is 4.88 Å². The summed E-state index contributed by atoms with van der Waals surface area (Å²) in [4.78, 5) is 1.28. The number of anilines is 1. The Kier molecular flexibility index (Phi) is 4.03. The molecule has 1 unspecified atom stereocenters. The van der Waals surface area contributed by atoms with Gasteiger partial charge in [0.05, 0.1) is 9.83 Å². The van der Waals surface area contributed by atoms with Crippen molar-refractivity contribution in [1.29, 1.82) is 0 Å². The highest BCUT2D eigenvalue weighted by Crippen LogP contribution is 2.30. The van der Waals surface area contributed by atoms with Gasteiger partial charge in [-0.15, -0.1) is 16.4 Å². The molecule has 0 aliphatic heterocycles. The van der Waals surface area contributed by atoms with Gasteiger partial charge >= 0.3 is 0 Å². The molecule has 3 aromatic rings. The van der Waals surface area contributed by atoms with E-state index >= 15 is 0 Å². The van der Waals surface area contributed by atoms with E-state index in [4.69, 9.17) is 0 Å². The van der Waals surface area contributed by atoms with Crippen molar-refractivity contribution in [3.8, 4) is 11.4 Å². The summed E-state index contributed by atoms with van der Waals surface area (Å²) < 4.78 is 2.81. The summed E-state index contributed by atoms with van der Waals surface area (Å²) in [6, 6.07) is 12.6. The van der Waals surface area contributed by atoms with Crippen LogP contribution in [0.25, 0.3) is 11.4 Å². The first kappa shape index (κ1) is 14.2. The largest absolute Gasteiger partial charge is 0.378 e. The Labute approximate surface area is 135 Å². The highest BCUT2D eigenvalue weighted by atomic mass is 79.9. The molecule has 3 rings (SSSR count). The summed E-state index contributed by atoms with van der Waals surface area (Å²) in [5.74, 6) is 0.755. The number of nitrogens with zero attached hydrogens (tertiary/aromatic N) is 4. The number of thiophene rings is 1. The maximum absolute atomic E-state index is 4.04. The lowest BCUT2D eigenvalue weighted by atomic mass is 10.1. The van der Waals surface area contributed by atoms with E-state index in [1.807, 2.05) is 25.2 Å². The Hall–Kier alpha value is -1.73. The lowest BCUT2D eigenvalue weighted by Crippen LogP contribution is -2.05. The Bertz CT molecular complexity index is 751. The molecule has 0 saturated heterocycles. The average Bonchev–Trinajstić information content (AvgIpc) is 3.08. The maximum Gasteiger partial charge on any atom is 0.181 e. The molecule has 7 heteroatoms. The zero-order chi connectivity index (χ0) is 14.8. The number of nitrogens with one attached hydrogen (secondary N) is 1. The second-order valence-electron chi connectivity index (χ2n) is 4.71. The fourth-order valence-corrected chi connectivity index (χ4v) is 3.53. The molecule has 0 amide bonds. The lowest BCUT2D eigenvalue weighted by Gasteiger charge is -2.14. The van der Waals surface area contributed by atoms with Gasteiger partial charge < -0.3 is 5.32 Å². The Morgan fingerprint density at radius 1 is 1.29 bits per heavy atom. The first-order valence-corrected chi connectivity index (χ1v) is 8.09. The van der Waals surface area contributed by atoms with Crippen LogP contribution in [0.4, 0.5) is 5.69 Å². The number of aromatic nitrogens is 4. The van der Waals surface area contributed by atoms with Gasteiger partial charge in [0.1, 0.15) is 0 Å². The minimum atomic E-state index is 0.245. The van der Waals surface area contributed by atoms with Crippen molar-refractivity contribution >= 4 is 33.0 Å². The van der Waals surface area contributed by atoms with Gasteiger partial charge in [-0.05, 0) is 57.5 Å². The first-order chi connectivity index (χ1) is 10.1. The van der Waals surface area contributed by atoms with Crippen molar-refractivity contribution in [2.45, 2.75) is 13.0 Å². The molecule has 0 saturated carbocycles. The summed E-state index contributed by atoms with van der Waals surface area (Å²) >= 11 is 5.23. The van der Waals surface area contributed by atoms with Crippen molar-refractivity contribution in [2.24, 2.45) is 7.05 Å². The summed E-state index contributed by atoms with van der Waals surface area (Å²) in [6.45, 7) is 2.15. The Morgan fingerprint density at radius 2 is 2.14 bits per heavy atom. The fourth-order valence-electron chi connectivity index (χ4n) is 2.10. The molecule has 5 nitrogen and oxygen atoms in total. The maximum atomic E-state index is 4.04. The summed E-state index contributed by atoms with van der Waals surface area (Å²) in [5, 5.41) is 15.1. The van der Waals surface area contributed by atoms with Gasteiger partial charge in [0, 0.05) is 23.2 Å².